The molecule has 128 valence electrons. The summed E-state index contributed by atoms with van der Waals surface area (Å²) in [6, 6.07) is 17.5. The molecule has 3 aromatic rings. The molecule has 0 aliphatic heterocycles. The molecule has 1 N–H and O–H groups in total. The number of para-hydroxylation sites is 1. The van der Waals surface area contributed by atoms with Gasteiger partial charge in [-0.3, -0.25) is 9.48 Å². The molecule has 1 aromatic heterocycles. The summed E-state index contributed by atoms with van der Waals surface area (Å²) in [5, 5.41) is 7.24. The van der Waals surface area contributed by atoms with E-state index in [1.165, 1.54) is 0 Å². The normalized spacial score (nSPS) is 11.3. The van der Waals surface area contributed by atoms with Crippen LogP contribution in [0.15, 0.2) is 67.0 Å². The Balaban J connectivity index is 1.74. The van der Waals surface area contributed by atoms with Gasteiger partial charge in [-0.1, -0.05) is 51.1 Å². The molecule has 25 heavy (non-hydrogen) atoms. The molecule has 0 saturated carbocycles. The van der Waals surface area contributed by atoms with E-state index in [1.54, 1.807) is 6.20 Å². The number of carbonyl (C=O) groups excluding carboxylic acids is 1. The lowest BCUT2D eigenvalue weighted by molar-refractivity contribution is 0.102. The van der Waals surface area contributed by atoms with Crippen LogP contribution < -0.4 is 5.32 Å². The van der Waals surface area contributed by atoms with E-state index in [4.69, 9.17) is 0 Å². The van der Waals surface area contributed by atoms with Gasteiger partial charge in [0.2, 0.25) is 0 Å². The maximum atomic E-state index is 12.6. The molecule has 0 unspecified atom stereocenters. The summed E-state index contributed by atoms with van der Waals surface area (Å²) in [6.45, 7) is 7.12. The fraction of sp³-hybridized carbons (Fsp3) is 0.238. The van der Waals surface area contributed by atoms with Crippen LogP contribution in [0.3, 0.4) is 0 Å². The van der Waals surface area contributed by atoms with Gasteiger partial charge in [-0.2, -0.15) is 5.10 Å². The molecular weight excluding hydrogens is 310 g/mol. The minimum absolute atomic E-state index is 0.0303. The average Bonchev–Trinajstić information content (AvgIpc) is 3.08. The maximum Gasteiger partial charge on any atom is 0.255 e. The second kappa shape index (κ2) is 6.93. The van der Waals surface area contributed by atoms with Crippen molar-refractivity contribution in [3.63, 3.8) is 0 Å². The smallest absolute Gasteiger partial charge is 0.255 e. The first-order valence-electron chi connectivity index (χ1n) is 8.41. The number of carbonyl (C=O) groups is 1. The Morgan fingerprint density at radius 1 is 1.04 bits per heavy atom. The van der Waals surface area contributed by atoms with Gasteiger partial charge in [0, 0.05) is 23.6 Å². The number of benzene rings is 2. The van der Waals surface area contributed by atoms with Crippen molar-refractivity contribution in [1.29, 1.82) is 0 Å². The van der Waals surface area contributed by atoms with Crippen LogP contribution in [0.25, 0.3) is 0 Å². The van der Waals surface area contributed by atoms with Gasteiger partial charge in [0.1, 0.15) is 0 Å². The third-order valence-electron chi connectivity index (χ3n) is 4.10. The van der Waals surface area contributed by atoms with Crippen LogP contribution in [0.1, 0.15) is 42.3 Å². The monoisotopic (exact) mass is 333 g/mol. The lowest BCUT2D eigenvalue weighted by Crippen LogP contribution is -2.18. The van der Waals surface area contributed by atoms with Crippen molar-refractivity contribution in [1.82, 2.24) is 9.78 Å². The Morgan fingerprint density at radius 3 is 2.40 bits per heavy atom. The van der Waals surface area contributed by atoms with Crippen LogP contribution in [0.4, 0.5) is 5.69 Å². The number of hydrogen-bond donors (Lipinski definition) is 1. The van der Waals surface area contributed by atoms with Crippen LogP contribution in [0, 0.1) is 0 Å². The van der Waals surface area contributed by atoms with Gasteiger partial charge in [-0.25, -0.2) is 0 Å². The summed E-state index contributed by atoms with van der Waals surface area (Å²) in [7, 11) is 0. The molecule has 0 aliphatic carbocycles. The Bertz CT molecular complexity index is 844. The number of nitrogens with zero attached hydrogens (tertiary/aromatic N) is 2. The number of rotatable bonds is 4. The van der Waals surface area contributed by atoms with Crippen molar-refractivity contribution in [2.45, 2.75) is 32.7 Å². The summed E-state index contributed by atoms with van der Waals surface area (Å²) >= 11 is 0. The standard InChI is InChI=1S/C21H23N3O/c1-21(2,3)18-7-4-5-8-19(18)23-20(25)17-11-9-16(10-12-17)15-24-14-6-13-22-24/h4-14H,15H2,1-3H3,(H,23,25). The molecular formula is C21H23N3O. The van der Waals surface area contributed by atoms with Crippen molar-refractivity contribution in [2.75, 3.05) is 5.32 Å². The molecule has 0 saturated heterocycles. The zero-order valence-corrected chi connectivity index (χ0v) is 14.9. The second-order valence-corrected chi connectivity index (χ2v) is 7.15. The Kier molecular flexibility index (Phi) is 4.70. The summed E-state index contributed by atoms with van der Waals surface area (Å²) in [6.07, 6.45) is 3.68. The zero-order valence-electron chi connectivity index (χ0n) is 14.9. The minimum atomic E-state index is -0.0951. The predicted octanol–water partition coefficient (Wildman–Crippen LogP) is 4.48. The third kappa shape index (κ3) is 4.15. The van der Waals surface area contributed by atoms with Crippen molar-refractivity contribution in [3.05, 3.63) is 83.7 Å². The number of nitrogens with one attached hydrogen (secondary N) is 1. The molecule has 0 bridgehead atoms. The fourth-order valence-corrected chi connectivity index (χ4v) is 2.78. The van der Waals surface area contributed by atoms with E-state index in [9.17, 15) is 4.79 Å². The SMILES string of the molecule is CC(C)(C)c1ccccc1NC(=O)c1ccc(Cn2cccn2)cc1. The van der Waals surface area contributed by atoms with E-state index in [2.05, 4.69) is 37.3 Å². The second-order valence-electron chi connectivity index (χ2n) is 7.15. The topological polar surface area (TPSA) is 46.9 Å². The summed E-state index contributed by atoms with van der Waals surface area (Å²) < 4.78 is 1.86. The maximum absolute atomic E-state index is 12.6. The van der Waals surface area contributed by atoms with E-state index in [-0.39, 0.29) is 11.3 Å². The van der Waals surface area contributed by atoms with Gasteiger partial charge < -0.3 is 5.32 Å². The van der Waals surface area contributed by atoms with E-state index in [0.717, 1.165) is 16.8 Å². The van der Waals surface area contributed by atoms with E-state index in [1.807, 2.05) is 59.4 Å². The summed E-state index contributed by atoms with van der Waals surface area (Å²) in [5.74, 6) is -0.0951. The van der Waals surface area contributed by atoms with Crippen LogP contribution in [0.5, 0.6) is 0 Å². The van der Waals surface area contributed by atoms with Gasteiger partial charge in [0.25, 0.3) is 5.91 Å². The molecule has 0 spiro atoms. The van der Waals surface area contributed by atoms with Crippen molar-refractivity contribution >= 4 is 11.6 Å². The van der Waals surface area contributed by atoms with Crippen molar-refractivity contribution in [2.24, 2.45) is 0 Å². The quantitative estimate of drug-likeness (QED) is 0.765. The molecule has 1 heterocycles. The molecule has 0 radical (unpaired) electrons. The first-order valence-corrected chi connectivity index (χ1v) is 8.41. The molecule has 4 heteroatoms. The highest BCUT2D eigenvalue weighted by atomic mass is 16.1. The van der Waals surface area contributed by atoms with Gasteiger partial charge in [0.15, 0.2) is 0 Å². The molecule has 1 amide bonds. The molecule has 3 rings (SSSR count). The molecule has 4 nitrogen and oxygen atoms in total. The molecule has 2 aromatic carbocycles. The van der Waals surface area contributed by atoms with Crippen LogP contribution in [-0.2, 0) is 12.0 Å². The molecule has 0 fully saturated rings. The largest absolute Gasteiger partial charge is 0.322 e. The van der Waals surface area contributed by atoms with Crippen molar-refractivity contribution in [3.8, 4) is 0 Å². The van der Waals surface area contributed by atoms with Crippen LogP contribution >= 0.6 is 0 Å². The van der Waals surface area contributed by atoms with Crippen LogP contribution in [-0.4, -0.2) is 15.7 Å². The Labute approximate surface area is 148 Å². The highest BCUT2D eigenvalue weighted by Gasteiger charge is 2.18. The van der Waals surface area contributed by atoms with Gasteiger partial charge in [0.05, 0.1) is 6.54 Å². The van der Waals surface area contributed by atoms with E-state index >= 15 is 0 Å². The van der Waals surface area contributed by atoms with Crippen molar-refractivity contribution < 1.29 is 4.79 Å². The molecule has 0 aliphatic rings. The van der Waals surface area contributed by atoms with Gasteiger partial charge in [-0.15, -0.1) is 0 Å². The number of aromatic nitrogens is 2. The Morgan fingerprint density at radius 2 is 1.76 bits per heavy atom. The van der Waals surface area contributed by atoms with E-state index < -0.39 is 0 Å². The van der Waals surface area contributed by atoms with Gasteiger partial charge in [-0.05, 0) is 40.8 Å². The zero-order chi connectivity index (χ0) is 17.9. The molecule has 0 atom stereocenters. The average molecular weight is 333 g/mol. The lowest BCUT2D eigenvalue weighted by atomic mass is 9.86. The highest BCUT2D eigenvalue weighted by Crippen LogP contribution is 2.29. The predicted molar refractivity (Wildman–Crippen MR) is 101 cm³/mol. The lowest BCUT2D eigenvalue weighted by Gasteiger charge is -2.23. The van der Waals surface area contributed by atoms with Crippen LogP contribution in [0.2, 0.25) is 0 Å². The first kappa shape index (κ1) is 17.0. The van der Waals surface area contributed by atoms with E-state index in [0.29, 0.717) is 12.1 Å². The summed E-state index contributed by atoms with van der Waals surface area (Å²) in [4.78, 5) is 12.6. The van der Waals surface area contributed by atoms with Gasteiger partial charge >= 0.3 is 0 Å². The number of amides is 1. The fourth-order valence-electron chi connectivity index (χ4n) is 2.78. The number of anilines is 1. The number of hydrogen-bond acceptors (Lipinski definition) is 2. The minimum Gasteiger partial charge on any atom is -0.322 e. The summed E-state index contributed by atoms with van der Waals surface area (Å²) in [5.41, 5.74) is 3.71. The highest BCUT2D eigenvalue weighted by molar-refractivity contribution is 6.04. The first-order chi connectivity index (χ1) is 11.9. The third-order valence-corrected chi connectivity index (χ3v) is 4.10. The Hall–Kier alpha value is -2.88.